The summed E-state index contributed by atoms with van der Waals surface area (Å²) in [5.41, 5.74) is 3.06. The van der Waals surface area contributed by atoms with Gasteiger partial charge in [0, 0.05) is 30.7 Å². The average Bonchev–Trinajstić information content (AvgIpc) is 2.39. The topological polar surface area (TPSA) is 32.3 Å². The van der Waals surface area contributed by atoms with Crippen LogP contribution in [0.1, 0.15) is 48.2 Å². The second-order valence-electron chi connectivity index (χ2n) is 6.20. The lowest BCUT2D eigenvalue weighted by Gasteiger charge is -2.34. The Kier molecular flexibility index (Phi) is 4.81. The van der Waals surface area contributed by atoms with E-state index in [1.807, 2.05) is 19.1 Å². The molecule has 0 radical (unpaired) electrons. The van der Waals surface area contributed by atoms with Gasteiger partial charge < -0.3 is 10.2 Å². The van der Waals surface area contributed by atoms with Crippen LogP contribution in [0.3, 0.4) is 0 Å². The number of nitrogens with one attached hydrogen (secondary N) is 1. The summed E-state index contributed by atoms with van der Waals surface area (Å²) in [6.07, 6.45) is 2.10. The minimum absolute atomic E-state index is 0.0745. The lowest BCUT2D eigenvalue weighted by molar-refractivity contribution is 0.0900. The highest BCUT2D eigenvalue weighted by molar-refractivity contribution is 5.95. The SMILES string of the molecule is Cc1ccc(C(=O)NC2CCN(C(C)C)CC2)c(C)c1. The zero-order valence-corrected chi connectivity index (χ0v) is 13.1. The molecule has 0 bridgehead atoms. The van der Waals surface area contributed by atoms with Gasteiger partial charge in [-0.1, -0.05) is 17.7 Å². The molecule has 1 aromatic carbocycles. The summed E-state index contributed by atoms with van der Waals surface area (Å²) in [5.74, 6) is 0.0745. The molecule has 110 valence electrons. The van der Waals surface area contributed by atoms with E-state index in [1.54, 1.807) is 0 Å². The lowest BCUT2D eigenvalue weighted by atomic mass is 10.0. The fourth-order valence-electron chi connectivity index (χ4n) is 2.89. The number of carbonyl (C=O) groups is 1. The van der Waals surface area contributed by atoms with Crippen molar-refractivity contribution in [1.82, 2.24) is 10.2 Å². The zero-order chi connectivity index (χ0) is 14.7. The first-order chi connectivity index (χ1) is 9.47. The average molecular weight is 274 g/mol. The van der Waals surface area contributed by atoms with Crippen molar-refractivity contribution in [2.45, 2.75) is 52.6 Å². The van der Waals surface area contributed by atoms with E-state index in [0.29, 0.717) is 12.1 Å². The number of benzene rings is 1. The van der Waals surface area contributed by atoms with E-state index in [9.17, 15) is 4.79 Å². The molecule has 1 saturated heterocycles. The van der Waals surface area contributed by atoms with Crippen molar-refractivity contribution in [3.8, 4) is 0 Å². The van der Waals surface area contributed by atoms with Gasteiger partial charge in [-0.2, -0.15) is 0 Å². The number of rotatable bonds is 3. The molecule has 1 aromatic rings. The second-order valence-corrected chi connectivity index (χ2v) is 6.20. The van der Waals surface area contributed by atoms with E-state index >= 15 is 0 Å². The van der Waals surface area contributed by atoms with Gasteiger partial charge in [0.05, 0.1) is 0 Å². The van der Waals surface area contributed by atoms with Crippen LogP contribution in [0.4, 0.5) is 0 Å². The molecular formula is C17H26N2O. The van der Waals surface area contributed by atoms with E-state index in [-0.39, 0.29) is 5.91 Å². The Morgan fingerprint density at radius 3 is 2.45 bits per heavy atom. The van der Waals surface area contributed by atoms with Gasteiger partial charge in [-0.3, -0.25) is 4.79 Å². The Hall–Kier alpha value is -1.35. The third-order valence-corrected chi connectivity index (χ3v) is 4.22. The summed E-state index contributed by atoms with van der Waals surface area (Å²) in [6.45, 7) is 10.7. The van der Waals surface area contributed by atoms with Gasteiger partial charge in [-0.05, 0) is 52.2 Å². The van der Waals surface area contributed by atoms with E-state index in [1.165, 1.54) is 5.56 Å². The van der Waals surface area contributed by atoms with Gasteiger partial charge in [0.1, 0.15) is 0 Å². The fourth-order valence-corrected chi connectivity index (χ4v) is 2.89. The second kappa shape index (κ2) is 6.40. The molecule has 1 N–H and O–H groups in total. The maximum atomic E-state index is 12.3. The predicted molar refractivity (Wildman–Crippen MR) is 83.1 cm³/mol. The van der Waals surface area contributed by atoms with Crippen LogP contribution >= 0.6 is 0 Å². The van der Waals surface area contributed by atoms with Crippen LogP contribution < -0.4 is 5.32 Å². The standard InChI is InChI=1S/C17H26N2O/c1-12(2)19-9-7-15(8-10-19)18-17(20)16-6-5-13(3)11-14(16)4/h5-6,11-12,15H,7-10H2,1-4H3,(H,18,20). The van der Waals surface area contributed by atoms with Crippen LogP contribution in [-0.2, 0) is 0 Å². The minimum atomic E-state index is 0.0745. The smallest absolute Gasteiger partial charge is 0.251 e. The molecule has 0 saturated carbocycles. The number of piperidine rings is 1. The molecule has 1 fully saturated rings. The van der Waals surface area contributed by atoms with E-state index in [2.05, 4.69) is 37.1 Å². The summed E-state index contributed by atoms with van der Waals surface area (Å²) in [7, 11) is 0. The quantitative estimate of drug-likeness (QED) is 0.919. The summed E-state index contributed by atoms with van der Waals surface area (Å²) < 4.78 is 0. The molecule has 3 heteroatoms. The highest BCUT2D eigenvalue weighted by atomic mass is 16.1. The highest BCUT2D eigenvalue weighted by Gasteiger charge is 2.22. The molecule has 1 heterocycles. The largest absolute Gasteiger partial charge is 0.349 e. The van der Waals surface area contributed by atoms with Crippen molar-refractivity contribution in [2.75, 3.05) is 13.1 Å². The summed E-state index contributed by atoms with van der Waals surface area (Å²) in [5, 5.41) is 3.19. The van der Waals surface area contributed by atoms with Crippen LogP contribution in [0.25, 0.3) is 0 Å². The molecular weight excluding hydrogens is 248 g/mol. The van der Waals surface area contributed by atoms with Crippen LogP contribution in [0, 0.1) is 13.8 Å². The van der Waals surface area contributed by atoms with Gasteiger partial charge in [0.25, 0.3) is 5.91 Å². The third kappa shape index (κ3) is 3.60. The molecule has 0 unspecified atom stereocenters. The number of hydrogen-bond donors (Lipinski definition) is 1. The number of amides is 1. The molecule has 1 aliphatic heterocycles. The number of carbonyl (C=O) groups excluding carboxylic acids is 1. The van der Waals surface area contributed by atoms with Crippen molar-refractivity contribution in [3.63, 3.8) is 0 Å². The Bertz CT molecular complexity index is 474. The van der Waals surface area contributed by atoms with Crippen LogP contribution in [0.15, 0.2) is 18.2 Å². The lowest BCUT2D eigenvalue weighted by Crippen LogP contribution is -2.46. The molecule has 0 spiro atoms. The van der Waals surface area contributed by atoms with Crippen molar-refractivity contribution in [1.29, 1.82) is 0 Å². The number of nitrogens with zero attached hydrogens (tertiary/aromatic N) is 1. The van der Waals surface area contributed by atoms with Gasteiger partial charge in [0.2, 0.25) is 0 Å². The van der Waals surface area contributed by atoms with Crippen molar-refractivity contribution in [2.24, 2.45) is 0 Å². The molecule has 20 heavy (non-hydrogen) atoms. The van der Waals surface area contributed by atoms with Crippen molar-refractivity contribution < 1.29 is 4.79 Å². The summed E-state index contributed by atoms with van der Waals surface area (Å²) in [6, 6.07) is 6.92. The molecule has 2 rings (SSSR count). The normalized spacial score (nSPS) is 17.4. The number of hydrogen-bond acceptors (Lipinski definition) is 2. The zero-order valence-electron chi connectivity index (χ0n) is 13.1. The Morgan fingerprint density at radius 1 is 1.25 bits per heavy atom. The maximum Gasteiger partial charge on any atom is 0.251 e. The molecule has 3 nitrogen and oxygen atoms in total. The maximum absolute atomic E-state index is 12.3. The Balaban J connectivity index is 1.92. The third-order valence-electron chi connectivity index (χ3n) is 4.22. The highest BCUT2D eigenvalue weighted by Crippen LogP contribution is 2.15. The first-order valence-corrected chi connectivity index (χ1v) is 7.59. The van der Waals surface area contributed by atoms with E-state index < -0.39 is 0 Å². The van der Waals surface area contributed by atoms with Gasteiger partial charge in [-0.25, -0.2) is 0 Å². The minimum Gasteiger partial charge on any atom is -0.349 e. The molecule has 0 aromatic heterocycles. The molecule has 0 atom stereocenters. The van der Waals surface area contributed by atoms with Crippen LogP contribution in [0.5, 0.6) is 0 Å². The van der Waals surface area contributed by atoms with E-state index in [4.69, 9.17) is 0 Å². The fraction of sp³-hybridized carbons (Fsp3) is 0.588. The van der Waals surface area contributed by atoms with Crippen molar-refractivity contribution in [3.05, 3.63) is 34.9 Å². The van der Waals surface area contributed by atoms with Crippen LogP contribution in [0.2, 0.25) is 0 Å². The van der Waals surface area contributed by atoms with Gasteiger partial charge in [0.15, 0.2) is 0 Å². The summed E-state index contributed by atoms with van der Waals surface area (Å²) in [4.78, 5) is 14.8. The monoisotopic (exact) mass is 274 g/mol. The van der Waals surface area contributed by atoms with Gasteiger partial charge in [-0.15, -0.1) is 0 Å². The molecule has 0 aliphatic carbocycles. The molecule has 1 amide bonds. The number of aryl methyl sites for hydroxylation is 2. The summed E-state index contributed by atoms with van der Waals surface area (Å²) >= 11 is 0. The van der Waals surface area contributed by atoms with E-state index in [0.717, 1.165) is 37.1 Å². The Labute approximate surface area is 122 Å². The first kappa shape index (κ1) is 15.0. The first-order valence-electron chi connectivity index (χ1n) is 7.59. The van der Waals surface area contributed by atoms with Crippen molar-refractivity contribution >= 4 is 5.91 Å². The molecule has 1 aliphatic rings. The number of likely N-dealkylation sites (tertiary alicyclic amines) is 1. The Morgan fingerprint density at radius 2 is 1.90 bits per heavy atom. The van der Waals surface area contributed by atoms with Gasteiger partial charge >= 0.3 is 0 Å². The predicted octanol–water partition coefficient (Wildman–Crippen LogP) is 2.91. The van der Waals surface area contributed by atoms with Crippen LogP contribution in [-0.4, -0.2) is 36.0 Å².